The molecule has 1 aromatic carbocycles. The van der Waals surface area contributed by atoms with Gasteiger partial charge in [-0.3, -0.25) is 23.9 Å². The summed E-state index contributed by atoms with van der Waals surface area (Å²) in [6.45, 7) is 0.294. The van der Waals surface area contributed by atoms with Crippen LogP contribution in [0, 0.1) is 17.3 Å². The number of amides is 2. The van der Waals surface area contributed by atoms with E-state index in [-0.39, 0.29) is 50.0 Å². The Morgan fingerprint density at radius 2 is 1.88 bits per heavy atom. The van der Waals surface area contributed by atoms with E-state index >= 15 is 0 Å². The summed E-state index contributed by atoms with van der Waals surface area (Å²) < 4.78 is 45.7. The van der Waals surface area contributed by atoms with Crippen LogP contribution in [-0.2, 0) is 33.9 Å². The molecule has 2 aliphatic carbocycles. The Kier molecular flexibility index (Phi) is 10.4. The molecule has 3 aliphatic heterocycles. The minimum absolute atomic E-state index is 0.0837. The minimum Gasteiger partial charge on any atom is -0.496 e. The summed E-state index contributed by atoms with van der Waals surface area (Å²) >= 11 is 0. The molecule has 1 saturated heterocycles. The molecule has 3 fully saturated rings. The Hall–Kier alpha value is -4.26. The largest absolute Gasteiger partial charge is 0.496 e. The van der Waals surface area contributed by atoms with Gasteiger partial charge in [0.1, 0.15) is 11.9 Å². The van der Waals surface area contributed by atoms with Crippen molar-refractivity contribution in [2.75, 3.05) is 20.3 Å². The van der Waals surface area contributed by atoms with Gasteiger partial charge in [-0.1, -0.05) is 37.1 Å². The Labute approximate surface area is 304 Å². The third-order valence-corrected chi connectivity index (χ3v) is 13.0. The van der Waals surface area contributed by atoms with E-state index in [1.807, 2.05) is 42.5 Å². The highest BCUT2D eigenvalue weighted by molar-refractivity contribution is 7.90. The molecular formula is C39H47N3O9S. The number of cyclic esters (lactones) is 1. The lowest BCUT2D eigenvalue weighted by Gasteiger charge is -2.29. The van der Waals surface area contributed by atoms with Gasteiger partial charge in [0.05, 0.1) is 43.4 Å². The summed E-state index contributed by atoms with van der Waals surface area (Å²) in [5.41, 5.74) is -0.405. The molecule has 52 heavy (non-hydrogen) atoms. The van der Waals surface area contributed by atoms with Crippen LogP contribution < -0.4 is 14.2 Å². The molecule has 4 heterocycles. The molecule has 12 nitrogen and oxygen atoms in total. The smallest absolute Gasteiger partial charge is 0.306 e. The van der Waals surface area contributed by atoms with E-state index in [1.54, 1.807) is 13.3 Å². The maximum atomic E-state index is 14.5. The Balaban J connectivity index is 1.24. The molecule has 5 aliphatic rings. The molecule has 278 valence electrons. The molecule has 2 aromatic rings. The number of Topliss-reactive ketones (excluding diaryl/α,β-unsaturated/α-hetero) is 1. The molecule has 2 amide bonds. The highest BCUT2D eigenvalue weighted by Crippen LogP contribution is 2.57. The number of nitrogens with one attached hydrogen (secondary N) is 1. The summed E-state index contributed by atoms with van der Waals surface area (Å²) in [5.74, 6) is -1.73. The molecule has 7 rings (SSSR count). The number of hydrogen-bond acceptors (Lipinski definition) is 10. The summed E-state index contributed by atoms with van der Waals surface area (Å²) in [6.07, 6.45) is 15.0. The lowest BCUT2D eigenvalue weighted by molar-refractivity contribution is -0.150. The van der Waals surface area contributed by atoms with Crippen molar-refractivity contribution in [2.24, 2.45) is 17.3 Å². The molecule has 5 atom stereocenters. The number of esters is 1. The van der Waals surface area contributed by atoms with Crippen molar-refractivity contribution in [3.05, 3.63) is 48.2 Å². The number of aromatic nitrogens is 1. The van der Waals surface area contributed by atoms with Gasteiger partial charge < -0.3 is 19.1 Å². The minimum atomic E-state index is -3.83. The van der Waals surface area contributed by atoms with E-state index < -0.39 is 50.6 Å². The molecule has 2 saturated carbocycles. The maximum absolute atomic E-state index is 14.5. The van der Waals surface area contributed by atoms with Crippen molar-refractivity contribution >= 4 is 50.4 Å². The molecule has 5 bridgehead atoms. The summed E-state index contributed by atoms with van der Waals surface area (Å²) in [6, 6.07) is 4.78. The van der Waals surface area contributed by atoms with Gasteiger partial charge in [-0.2, -0.15) is 0 Å². The first-order chi connectivity index (χ1) is 25.1. The zero-order valence-corrected chi connectivity index (χ0v) is 30.4. The second kappa shape index (κ2) is 15.0. The van der Waals surface area contributed by atoms with E-state index in [9.17, 15) is 27.6 Å². The van der Waals surface area contributed by atoms with Crippen LogP contribution in [0.4, 0.5) is 0 Å². The normalized spacial score (nSPS) is 30.2. The third kappa shape index (κ3) is 7.74. The highest BCUT2D eigenvalue weighted by atomic mass is 32.2. The van der Waals surface area contributed by atoms with Crippen LogP contribution in [-0.4, -0.2) is 79.5 Å². The Morgan fingerprint density at radius 3 is 2.69 bits per heavy atom. The van der Waals surface area contributed by atoms with Gasteiger partial charge >= 0.3 is 5.97 Å². The second-order valence-electron chi connectivity index (χ2n) is 14.9. The number of rotatable bonds is 4. The number of methoxy groups -OCH3 is 1. The second-order valence-corrected chi connectivity index (χ2v) is 16.9. The predicted octanol–water partition coefficient (Wildman–Crippen LogP) is 5.04. The number of carbonyl (C=O) groups excluding carboxylic acids is 4. The van der Waals surface area contributed by atoms with Gasteiger partial charge in [0.2, 0.25) is 27.7 Å². The predicted molar refractivity (Wildman–Crippen MR) is 193 cm³/mol. The third-order valence-electron chi connectivity index (χ3n) is 11.2. The van der Waals surface area contributed by atoms with Crippen molar-refractivity contribution in [3.8, 4) is 11.6 Å². The van der Waals surface area contributed by atoms with Crippen LogP contribution in [0.25, 0.3) is 16.8 Å². The van der Waals surface area contributed by atoms with Crippen LogP contribution in [0.1, 0.15) is 89.0 Å². The number of sulfonamides is 1. The lowest BCUT2D eigenvalue weighted by Crippen LogP contribution is -2.46. The van der Waals surface area contributed by atoms with Gasteiger partial charge in [0.25, 0.3) is 0 Å². The average Bonchev–Trinajstić information content (AvgIpc) is 4.04. The number of pyridine rings is 1. The maximum Gasteiger partial charge on any atom is 0.306 e. The average molecular weight is 734 g/mol. The number of allylic oxidation sites excluding steroid dienone is 3. The fourth-order valence-electron chi connectivity index (χ4n) is 7.93. The number of nitrogens with zero attached hydrogens (tertiary/aromatic N) is 2. The van der Waals surface area contributed by atoms with Gasteiger partial charge in [0, 0.05) is 35.9 Å². The molecule has 0 radical (unpaired) electrons. The molecule has 0 spiro atoms. The summed E-state index contributed by atoms with van der Waals surface area (Å²) in [5, 5.41) is 1.01. The van der Waals surface area contributed by atoms with Crippen LogP contribution in [0.15, 0.2) is 42.6 Å². The number of carbonyl (C=O) groups is 4. The van der Waals surface area contributed by atoms with Crippen LogP contribution >= 0.6 is 0 Å². The first-order valence-corrected chi connectivity index (χ1v) is 20.1. The number of fused-ring (bicyclic) bond motifs is 4. The quantitative estimate of drug-likeness (QED) is 0.333. The summed E-state index contributed by atoms with van der Waals surface area (Å²) in [7, 11) is -2.22. The summed E-state index contributed by atoms with van der Waals surface area (Å²) in [4.78, 5) is 61.9. The number of ketones is 1. The van der Waals surface area contributed by atoms with Crippen molar-refractivity contribution in [1.82, 2.24) is 14.6 Å². The Morgan fingerprint density at radius 1 is 1.06 bits per heavy atom. The van der Waals surface area contributed by atoms with Gasteiger partial charge in [0.15, 0.2) is 5.78 Å². The molecule has 1 aromatic heterocycles. The van der Waals surface area contributed by atoms with Crippen molar-refractivity contribution in [1.29, 1.82) is 0 Å². The fraction of sp³-hybridized carbons (Fsp3) is 0.564. The molecule has 0 unspecified atom stereocenters. The molecule has 13 heteroatoms. The van der Waals surface area contributed by atoms with E-state index in [0.717, 1.165) is 42.0 Å². The number of benzene rings is 1. The van der Waals surface area contributed by atoms with Gasteiger partial charge in [-0.25, -0.2) is 13.4 Å². The topological polar surface area (TPSA) is 158 Å². The fourth-order valence-corrected chi connectivity index (χ4v) is 9.31. The van der Waals surface area contributed by atoms with Gasteiger partial charge in [-0.05, 0) is 80.9 Å². The first-order valence-electron chi connectivity index (χ1n) is 18.6. The van der Waals surface area contributed by atoms with Crippen molar-refractivity contribution in [2.45, 2.75) is 101 Å². The van der Waals surface area contributed by atoms with E-state index in [4.69, 9.17) is 14.2 Å². The lowest BCUT2D eigenvalue weighted by atomic mass is 9.90. The molecule has 1 N–H and O–H groups in total. The van der Waals surface area contributed by atoms with E-state index in [0.29, 0.717) is 50.2 Å². The number of ether oxygens (including phenoxy) is 3. The van der Waals surface area contributed by atoms with E-state index in [1.165, 1.54) is 4.90 Å². The van der Waals surface area contributed by atoms with Gasteiger partial charge in [-0.15, -0.1) is 0 Å². The van der Waals surface area contributed by atoms with Crippen LogP contribution in [0.3, 0.4) is 0 Å². The number of hydrogen-bond donors (Lipinski definition) is 1. The monoisotopic (exact) mass is 733 g/mol. The highest BCUT2D eigenvalue weighted by Gasteiger charge is 2.61. The molecular weight excluding hydrogens is 687 g/mol. The van der Waals surface area contributed by atoms with Crippen LogP contribution in [0.5, 0.6) is 11.6 Å². The zero-order valence-electron chi connectivity index (χ0n) is 29.6. The standard InChI is InChI=1S/C39H47N3O9S/c1-49-34-19-25-15-16-40-36-31(25)18-26(34)10-7-5-9-17-50-35(44)20-27-11-6-3-2-4-8-12-28-22-39(28,38(46)41-52(47,48)30-13-14-30)23-33(43)32-21-29(51-36)24-42(32)37(27)45/h7-8,10,12,15-16,18-19,27-30,32H,2-6,9,11,13-14,17,20-24H2,1H3,(H,41,46)/b10-7+,12-8-/t27-,28+,29-,32+,39-/m1/s1. The Bertz CT molecular complexity index is 1910. The van der Waals surface area contributed by atoms with Crippen LogP contribution in [0.2, 0.25) is 0 Å². The first kappa shape index (κ1) is 36.1. The zero-order chi connectivity index (χ0) is 36.5. The SMILES string of the molecule is COc1cc2ccnc3c2cc1/C=C/CCCOC(=O)C[C@H]1CCCCC/C=C\[C@H]2C[C@@]2(C(=O)NS(=O)(=O)C2CC2)CC(=O)[C@@H]2C[C@H](CN2C1=O)O3. The van der Waals surface area contributed by atoms with Crippen molar-refractivity contribution in [3.63, 3.8) is 0 Å². The van der Waals surface area contributed by atoms with E-state index in [2.05, 4.69) is 9.71 Å². The van der Waals surface area contributed by atoms with Crippen molar-refractivity contribution < 1.29 is 41.8 Å².